The van der Waals surface area contributed by atoms with Crippen molar-refractivity contribution in [3.8, 4) is 27.9 Å². The molecular weight excluding hydrogens is 571 g/mol. The lowest BCUT2D eigenvalue weighted by atomic mass is 9.82. The summed E-state index contributed by atoms with van der Waals surface area (Å²) >= 11 is 0. The highest BCUT2D eigenvalue weighted by Crippen LogP contribution is 2.51. The minimum Gasteiger partial charge on any atom is -0.310 e. The number of anilines is 3. The predicted molar refractivity (Wildman–Crippen MR) is 196 cm³/mol. The van der Waals surface area contributed by atoms with Crippen LogP contribution in [0.2, 0.25) is 0 Å². The average Bonchev–Trinajstić information content (AvgIpc) is 3.59. The summed E-state index contributed by atoms with van der Waals surface area (Å²) in [5, 5.41) is 2.45. The Hall–Kier alpha value is -5.93. The van der Waals surface area contributed by atoms with E-state index in [2.05, 4.69) is 180 Å². The molecule has 0 fully saturated rings. The van der Waals surface area contributed by atoms with Crippen LogP contribution in [0.25, 0.3) is 49.7 Å². The molecule has 0 bridgehead atoms. The molecule has 2 heterocycles. The maximum Gasteiger partial charge on any atom is 0.0562 e. The number of para-hydroxylation sites is 2. The average molecular weight is 604 g/mol. The summed E-state index contributed by atoms with van der Waals surface area (Å²) < 4.78 is 2.41. The third kappa shape index (κ3) is 4.24. The van der Waals surface area contributed by atoms with E-state index >= 15 is 0 Å². The van der Waals surface area contributed by atoms with Crippen LogP contribution in [-0.2, 0) is 5.41 Å². The summed E-state index contributed by atoms with van der Waals surface area (Å²) in [5.74, 6) is 0. The molecule has 0 saturated heterocycles. The van der Waals surface area contributed by atoms with E-state index < -0.39 is 0 Å². The number of nitrogens with zero attached hydrogens (tertiary/aromatic N) is 3. The molecule has 1 aliphatic rings. The van der Waals surface area contributed by atoms with E-state index in [1.165, 1.54) is 49.6 Å². The van der Waals surface area contributed by atoms with E-state index in [1.54, 1.807) is 0 Å². The second-order valence-corrected chi connectivity index (χ2v) is 12.9. The van der Waals surface area contributed by atoms with Gasteiger partial charge in [-0.1, -0.05) is 98.8 Å². The first-order valence-corrected chi connectivity index (χ1v) is 16.2. The third-order valence-electron chi connectivity index (χ3n) is 9.87. The molecule has 224 valence electrons. The van der Waals surface area contributed by atoms with E-state index in [4.69, 9.17) is 0 Å². The molecule has 9 rings (SSSR count). The molecule has 3 heteroatoms. The summed E-state index contributed by atoms with van der Waals surface area (Å²) in [4.78, 5) is 6.67. The monoisotopic (exact) mass is 603 g/mol. The van der Waals surface area contributed by atoms with Gasteiger partial charge in [0.15, 0.2) is 0 Å². The van der Waals surface area contributed by atoms with E-state index in [-0.39, 0.29) is 5.41 Å². The van der Waals surface area contributed by atoms with Crippen molar-refractivity contribution in [1.29, 1.82) is 0 Å². The van der Waals surface area contributed by atoms with E-state index in [9.17, 15) is 0 Å². The Labute approximate surface area is 275 Å². The fourth-order valence-electron chi connectivity index (χ4n) is 7.67. The first-order valence-electron chi connectivity index (χ1n) is 16.2. The number of pyridine rings is 1. The van der Waals surface area contributed by atoms with Crippen molar-refractivity contribution in [2.45, 2.75) is 19.3 Å². The van der Waals surface area contributed by atoms with Gasteiger partial charge in [0.2, 0.25) is 0 Å². The van der Waals surface area contributed by atoms with Gasteiger partial charge >= 0.3 is 0 Å². The fourth-order valence-corrected chi connectivity index (χ4v) is 7.67. The second kappa shape index (κ2) is 10.6. The molecule has 0 spiro atoms. The van der Waals surface area contributed by atoms with Gasteiger partial charge in [0.05, 0.1) is 16.7 Å². The van der Waals surface area contributed by atoms with Crippen LogP contribution in [-0.4, -0.2) is 9.55 Å². The molecular formula is C44H33N3. The molecule has 8 aromatic rings. The molecule has 47 heavy (non-hydrogen) atoms. The number of benzene rings is 6. The minimum absolute atomic E-state index is 0.0911. The van der Waals surface area contributed by atoms with Gasteiger partial charge in [0.1, 0.15) is 0 Å². The van der Waals surface area contributed by atoms with Crippen LogP contribution in [0.5, 0.6) is 0 Å². The summed E-state index contributed by atoms with van der Waals surface area (Å²) in [6.45, 7) is 4.70. The lowest BCUT2D eigenvalue weighted by Gasteiger charge is -2.28. The SMILES string of the molecule is CC1(C)c2ccccc2-c2ccc(N(c3ccccc3)c3cccc4c3c3ccccc3n4-c3cccc(-c4ccncc4)c3)cc21. The smallest absolute Gasteiger partial charge is 0.0562 e. The zero-order chi connectivity index (χ0) is 31.5. The van der Waals surface area contributed by atoms with Crippen LogP contribution < -0.4 is 4.90 Å². The second-order valence-electron chi connectivity index (χ2n) is 12.9. The van der Waals surface area contributed by atoms with E-state index in [0.717, 1.165) is 28.3 Å². The van der Waals surface area contributed by atoms with E-state index in [0.29, 0.717) is 0 Å². The van der Waals surface area contributed by atoms with Gasteiger partial charge < -0.3 is 9.47 Å². The van der Waals surface area contributed by atoms with Gasteiger partial charge in [-0.25, -0.2) is 0 Å². The van der Waals surface area contributed by atoms with Crippen LogP contribution in [0.4, 0.5) is 17.1 Å². The number of hydrogen-bond donors (Lipinski definition) is 0. The van der Waals surface area contributed by atoms with Crippen LogP contribution in [0, 0.1) is 0 Å². The summed E-state index contributed by atoms with van der Waals surface area (Å²) in [7, 11) is 0. The minimum atomic E-state index is -0.0911. The lowest BCUT2D eigenvalue weighted by Crippen LogP contribution is -2.16. The molecule has 0 amide bonds. The quantitative estimate of drug-likeness (QED) is 0.195. The fraction of sp³-hybridized carbons (Fsp3) is 0.0682. The van der Waals surface area contributed by atoms with Gasteiger partial charge in [0.25, 0.3) is 0 Å². The number of fused-ring (bicyclic) bond motifs is 6. The Morgan fingerprint density at radius 2 is 1.26 bits per heavy atom. The van der Waals surface area contributed by atoms with Crippen molar-refractivity contribution in [3.05, 3.63) is 175 Å². The van der Waals surface area contributed by atoms with Crippen LogP contribution in [0.3, 0.4) is 0 Å². The molecule has 0 atom stereocenters. The van der Waals surface area contributed by atoms with Crippen molar-refractivity contribution in [1.82, 2.24) is 9.55 Å². The van der Waals surface area contributed by atoms with Gasteiger partial charge in [-0.05, 0) is 100 Å². The van der Waals surface area contributed by atoms with Crippen molar-refractivity contribution >= 4 is 38.9 Å². The summed E-state index contributed by atoms with van der Waals surface area (Å²) in [6, 6.07) is 55.1. The van der Waals surface area contributed by atoms with Crippen molar-refractivity contribution in [2.24, 2.45) is 0 Å². The maximum absolute atomic E-state index is 4.23. The van der Waals surface area contributed by atoms with Gasteiger partial charge in [-0.3, -0.25) is 4.98 Å². The molecule has 0 unspecified atom stereocenters. The maximum atomic E-state index is 4.23. The standard InChI is InChI=1S/C44H33N3/c1-44(2)38-18-8-6-16-35(38)36-23-22-34(29-39(36)44)46(32-13-4-3-5-14-32)41-20-11-21-42-43(41)37-17-7-9-19-40(37)47(42)33-15-10-12-31(28-33)30-24-26-45-27-25-30/h3-29H,1-2H3. The molecule has 6 aromatic carbocycles. The van der Waals surface area contributed by atoms with Gasteiger partial charge in [-0.15, -0.1) is 0 Å². The predicted octanol–water partition coefficient (Wildman–Crippen LogP) is 11.6. The molecule has 1 aliphatic carbocycles. The molecule has 0 N–H and O–H groups in total. The largest absolute Gasteiger partial charge is 0.310 e. The summed E-state index contributed by atoms with van der Waals surface area (Å²) in [5.41, 5.74) is 14.6. The van der Waals surface area contributed by atoms with Crippen molar-refractivity contribution in [3.63, 3.8) is 0 Å². The van der Waals surface area contributed by atoms with Gasteiger partial charge in [0, 0.05) is 45.6 Å². The number of rotatable bonds is 5. The molecule has 0 saturated carbocycles. The van der Waals surface area contributed by atoms with Crippen molar-refractivity contribution < 1.29 is 0 Å². The number of hydrogen-bond acceptors (Lipinski definition) is 2. The Bertz CT molecular complexity index is 2440. The Morgan fingerprint density at radius 3 is 2.13 bits per heavy atom. The zero-order valence-electron chi connectivity index (χ0n) is 26.4. The van der Waals surface area contributed by atoms with Crippen LogP contribution in [0.15, 0.2) is 164 Å². The normalized spacial score (nSPS) is 13.1. The Morgan fingerprint density at radius 1 is 0.532 bits per heavy atom. The highest BCUT2D eigenvalue weighted by Gasteiger charge is 2.36. The first kappa shape index (κ1) is 27.4. The van der Waals surface area contributed by atoms with Crippen LogP contribution in [0.1, 0.15) is 25.0 Å². The molecule has 0 radical (unpaired) electrons. The first-order chi connectivity index (χ1) is 23.1. The Kier molecular flexibility index (Phi) is 6.16. The van der Waals surface area contributed by atoms with Crippen molar-refractivity contribution in [2.75, 3.05) is 4.90 Å². The zero-order valence-corrected chi connectivity index (χ0v) is 26.4. The highest BCUT2D eigenvalue weighted by molar-refractivity contribution is 6.16. The molecule has 0 aliphatic heterocycles. The summed E-state index contributed by atoms with van der Waals surface area (Å²) in [6.07, 6.45) is 3.71. The lowest BCUT2D eigenvalue weighted by molar-refractivity contribution is 0.660. The number of aromatic nitrogens is 2. The topological polar surface area (TPSA) is 21.1 Å². The molecule has 2 aromatic heterocycles. The third-order valence-corrected chi connectivity index (χ3v) is 9.87. The molecule has 3 nitrogen and oxygen atoms in total. The highest BCUT2D eigenvalue weighted by atomic mass is 15.1. The Balaban J connectivity index is 1.29. The van der Waals surface area contributed by atoms with E-state index in [1.807, 2.05) is 12.4 Å². The van der Waals surface area contributed by atoms with Crippen LogP contribution >= 0.6 is 0 Å². The van der Waals surface area contributed by atoms with Gasteiger partial charge in [-0.2, -0.15) is 0 Å².